The van der Waals surface area contributed by atoms with E-state index >= 15 is 0 Å². The van der Waals surface area contributed by atoms with Crippen LogP contribution < -0.4 is 5.73 Å². The molecule has 1 fully saturated rings. The van der Waals surface area contributed by atoms with Crippen molar-refractivity contribution in [1.82, 2.24) is 9.78 Å². The molecule has 2 rings (SSSR count). The zero-order valence-electron chi connectivity index (χ0n) is 9.99. The summed E-state index contributed by atoms with van der Waals surface area (Å²) in [5, 5.41) is 4.38. The average molecular weight is 286 g/mol. The van der Waals surface area contributed by atoms with E-state index in [-0.39, 0.29) is 6.04 Å². The second kappa shape index (κ2) is 4.88. The third-order valence-electron chi connectivity index (χ3n) is 3.52. The summed E-state index contributed by atoms with van der Waals surface area (Å²) >= 11 is 3.56. The summed E-state index contributed by atoms with van der Waals surface area (Å²) in [6, 6.07) is 0.107. The van der Waals surface area contributed by atoms with Gasteiger partial charge in [-0.1, -0.05) is 13.8 Å². The number of aryl methyl sites for hydroxylation is 1. The fourth-order valence-electron chi connectivity index (χ4n) is 2.26. The van der Waals surface area contributed by atoms with Crippen molar-refractivity contribution < 1.29 is 0 Å². The van der Waals surface area contributed by atoms with E-state index < -0.39 is 0 Å². The predicted molar refractivity (Wildman–Crippen MR) is 69.0 cm³/mol. The van der Waals surface area contributed by atoms with Crippen molar-refractivity contribution in [1.29, 1.82) is 0 Å². The third kappa shape index (κ3) is 2.33. The molecule has 90 valence electrons. The van der Waals surface area contributed by atoms with Gasteiger partial charge < -0.3 is 5.73 Å². The molecule has 1 aliphatic rings. The summed E-state index contributed by atoms with van der Waals surface area (Å²) < 4.78 is 3.11. The maximum atomic E-state index is 6.36. The van der Waals surface area contributed by atoms with Crippen LogP contribution in [0.15, 0.2) is 10.7 Å². The van der Waals surface area contributed by atoms with Crippen LogP contribution in [0.3, 0.4) is 0 Å². The van der Waals surface area contributed by atoms with Crippen molar-refractivity contribution in [2.45, 2.75) is 45.7 Å². The summed E-state index contributed by atoms with van der Waals surface area (Å²) in [6.07, 6.45) is 5.64. The summed E-state index contributed by atoms with van der Waals surface area (Å²) in [5.41, 5.74) is 7.53. The lowest BCUT2D eigenvalue weighted by molar-refractivity contribution is 0.389. The number of halogens is 1. The minimum Gasteiger partial charge on any atom is -0.322 e. The van der Waals surface area contributed by atoms with E-state index in [4.69, 9.17) is 5.73 Å². The summed E-state index contributed by atoms with van der Waals surface area (Å²) in [6.45, 7) is 5.37. The Morgan fingerprint density at radius 2 is 2.31 bits per heavy atom. The lowest BCUT2D eigenvalue weighted by atomic mass is 9.95. The first-order chi connectivity index (χ1) is 7.65. The molecule has 0 radical (unpaired) electrons. The average Bonchev–Trinajstić information content (AvgIpc) is 3.04. The SMILES string of the molecule is CCCn1ncc(Br)c1C(N)C(C)C1CC1. The molecule has 2 N–H and O–H groups in total. The molecule has 0 saturated heterocycles. The molecule has 0 bridgehead atoms. The van der Waals surface area contributed by atoms with E-state index in [1.165, 1.54) is 18.5 Å². The van der Waals surface area contributed by atoms with Crippen LogP contribution in [0.4, 0.5) is 0 Å². The van der Waals surface area contributed by atoms with Crippen LogP contribution in [-0.2, 0) is 6.54 Å². The van der Waals surface area contributed by atoms with Gasteiger partial charge in [0.15, 0.2) is 0 Å². The van der Waals surface area contributed by atoms with E-state index in [2.05, 4.69) is 34.9 Å². The molecule has 1 saturated carbocycles. The Labute approximate surface area is 106 Å². The number of nitrogens with two attached hydrogens (primary N) is 1. The Morgan fingerprint density at radius 3 is 2.88 bits per heavy atom. The van der Waals surface area contributed by atoms with Gasteiger partial charge in [-0.05, 0) is 47.0 Å². The quantitative estimate of drug-likeness (QED) is 0.904. The molecule has 1 heterocycles. The molecule has 3 nitrogen and oxygen atoms in total. The molecule has 1 aliphatic carbocycles. The van der Waals surface area contributed by atoms with Crippen molar-refractivity contribution >= 4 is 15.9 Å². The summed E-state index contributed by atoms with van der Waals surface area (Å²) in [5.74, 6) is 1.38. The smallest absolute Gasteiger partial charge is 0.0696 e. The highest BCUT2D eigenvalue weighted by Crippen LogP contribution is 2.42. The molecular weight excluding hydrogens is 266 g/mol. The lowest BCUT2D eigenvalue weighted by Crippen LogP contribution is -2.24. The first-order valence-corrected chi connectivity index (χ1v) is 6.91. The van der Waals surface area contributed by atoms with Gasteiger partial charge in [0.2, 0.25) is 0 Å². The van der Waals surface area contributed by atoms with Gasteiger partial charge in [-0.15, -0.1) is 0 Å². The predicted octanol–water partition coefficient (Wildman–Crippen LogP) is 3.10. The van der Waals surface area contributed by atoms with E-state index in [1.807, 2.05) is 10.9 Å². The molecule has 0 amide bonds. The normalized spacial score (nSPS) is 19.8. The Hall–Kier alpha value is -0.350. The molecule has 1 aromatic heterocycles. The van der Waals surface area contributed by atoms with Crippen molar-refractivity contribution in [3.05, 3.63) is 16.4 Å². The van der Waals surface area contributed by atoms with Crippen LogP contribution >= 0.6 is 15.9 Å². The van der Waals surface area contributed by atoms with Gasteiger partial charge in [0.25, 0.3) is 0 Å². The van der Waals surface area contributed by atoms with Gasteiger partial charge in [-0.2, -0.15) is 5.10 Å². The van der Waals surface area contributed by atoms with Crippen LogP contribution in [0.25, 0.3) is 0 Å². The highest BCUT2D eigenvalue weighted by atomic mass is 79.9. The largest absolute Gasteiger partial charge is 0.322 e. The molecule has 2 unspecified atom stereocenters. The third-order valence-corrected chi connectivity index (χ3v) is 4.13. The number of hydrogen-bond donors (Lipinski definition) is 1. The molecular formula is C12H20BrN3. The first-order valence-electron chi connectivity index (χ1n) is 6.12. The fraction of sp³-hybridized carbons (Fsp3) is 0.750. The number of aromatic nitrogens is 2. The Morgan fingerprint density at radius 1 is 1.62 bits per heavy atom. The zero-order valence-corrected chi connectivity index (χ0v) is 11.6. The van der Waals surface area contributed by atoms with Crippen molar-refractivity contribution in [3.63, 3.8) is 0 Å². The van der Waals surface area contributed by atoms with Gasteiger partial charge in [0.1, 0.15) is 0 Å². The molecule has 0 spiro atoms. The summed E-state index contributed by atoms with van der Waals surface area (Å²) in [7, 11) is 0. The highest BCUT2D eigenvalue weighted by molar-refractivity contribution is 9.10. The minimum atomic E-state index is 0.107. The maximum Gasteiger partial charge on any atom is 0.0696 e. The van der Waals surface area contributed by atoms with Crippen LogP contribution in [0.1, 0.15) is 44.8 Å². The Kier molecular flexibility index (Phi) is 3.70. The lowest BCUT2D eigenvalue weighted by Gasteiger charge is -2.21. The molecule has 2 atom stereocenters. The van der Waals surface area contributed by atoms with E-state index in [1.54, 1.807) is 0 Å². The first kappa shape index (κ1) is 12.1. The van der Waals surface area contributed by atoms with Crippen LogP contribution in [0, 0.1) is 11.8 Å². The van der Waals surface area contributed by atoms with Crippen molar-refractivity contribution in [2.24, 2.45) is 17.6 Å². The van der Waals surface area contributed by atoms with Crippen molar-refractivity contribution in [3.8, 4) is 0 Å². The number of hydrogen-bond acceptors (Lipinski definition) is 2. The Balaban J connectivity index is 2.19. The summed E-state index contributed by atoms with van der Waals surface area (Å²) in [4.78, 5) is 0. The number of rotatable bonds is 5. The minimum absolute atomic E-state index is 0.107. The zero-order chi connectivity index (χ0) is 11.7. The monoisotopic (exact) mass is 285 g/mol. The highest BCUT2D eigenvalue weighted by Gasteiger charge is 2.34. The second-order valence-electron chi connectivity index (χ2n) is 4.82. The Bertz CT molecular complexity index is 357. The van der Waals surface area contributed by atoms with Crippen LogP contribution in [0.2, 0.25) is 0 Å². The topological polar surface area (TPSA) is 43.8 Å². The maximum absolute atomic E-state index is 6.36. The van der Waals surface area contributed by atoms with E-state index in [0.29, 0.717) is 5.92 Å². The second-order valence-corrected chi connectivity index (χ2v) is 5.68. The molecule has 16 heavy (non-hydrogen) atoms. The van der Waals surface area contributed by atoms with Gasteiger partial charge in [-0.3, -0.25) is 4.68 Å². The number of nitrogens with zero attached hydrogens (tertiary/aromatic N) is 2. The standard InChI is InChI=1S/C12H20BrN3/c1-3-6-16-12(10(13)7-15-16)11(14)8(2)9-4-5-9/h7-9,11H,3-6,14H2,1-2H3. The van der Waals surface area contributed by atoms with Crippen molar-refractivity contribution in [2.75, 3.05) is 0 Å². The van der Waals surface area contributed by atoms with Crippen LogP contribution in [0.5, 0.6) is 0 Å². The molecule has 0 aliphatic heterocycles. The van der Waals surface area contributed by atoms with E-state index in [0.717, 1.165) is 23.4 Å². The van der Waals surface area contributed by atoms with Gasteiger partial charge in [0.05, 0.1) is 22.4 Å². The van der Waals surface area contributed by atoms with Gasteiger partial charge in [-0.25, -0.2) is 0 Å². The molecule has 4 heteroatoms. The molecule has 1 aromatic rings. The molecule has 0 aromatic carbocycles. The fourth-order valence-corrected chi connectivity index (χ4v) is 2.82. The van der Waals surface area contributed by atoms with Crippen LogP contribution in [-0.4, -0.2) is 9.78 Å². The van der Waals surface area contributed by atoms with E-state index in [9.17, 15) is 0 Å². The van der Waals surface area contributed by atoms with Gasteiger partial charge >= 0.3 is 0 Å². The van der Waals surface area contributed by atoms with Gasteiger partial charge in [0, 0.05) is 6.54 Å².